The van der Waals surface area contributed by atoms with Gasteiger partial charge in [0.05, 0.1) is 12.4 Å². The quantitative estimate of drug-likeness (QED) is 0.263. The number of Topliss-reactive ketones (excluding diaryl/α,β-unsaturated/α-hetero) is 1. The Labute approximate surface area is 78.8 Å². The van der Waals surface area contributed by atoms with Crippen LogP contribution in [0.2, 0.25) is 0 Å². The maximum absolute atomic E-state index is 10.8. The number of aliphatic carboxylic acids is 2. The standard InChI is InChI=1S/C8H8O6/c1-4(7(11)12)2-5(9)3-6(10)8(13)14/h2H,3H2,1H3,(H,11,12)(H,13,14)/p-2/b4-2+. The Morgan fingerprint density at radius 2 is 1.57 bits per heavy atom. The highest BCUT2D eigenvalue weighted by atomic mass is 16.4. The van der Waals surface area contributed by atoms with E-state index < -0.39 is 29.9 Å². The number of carboxylic acids is 2. The van der Waals surface area contributed by atoms with Gasteiger partial charge in [-0.3, -0.25) is 9.59 Å². The molecular weight excluding hydrogens is 192 g/mol. The summed E-state index contributed by atoms with van der Waals surface area (Å²) in [6.07, 6.45) is -0.275. The summed E-state index contributed by atoms with van der Waals surface area (Å²) in [5.41, 5.74) is -0.374. The SMILES string of the molecule is C/C(=C\C(=O)CC(=O)C(=O)[O-])C(=O)[O-]. The fraction of sp³-hybridized carbons (Fsp3) is 0.250. The van der Waals surface area contributed by atoms with Crippen LogP contribution in [0.15, 0.2) is 11.6 Å². The summed E-state index contributed by atoms with van der Waals surface area (Å²) in [5.74, 6) is -5.84. The van der Waals surface area contributed by atoms with E-state index in [1.165, 1.54) is 0 Å². The van der Waals surface area contributed by atoms with Crippen LogP contribution >= 0.6 is 0 Å². The maximum atomic E-state index is 10.8. The largest absolute Gasteiger partial charge is 0.545 e. The minimum absolute atomic E-state index is 0.374. The smallest absolute Gasteiger partial charge is 0.185 e. The molecule has 0 aliphatic rings. The molecule has 0 heterocycles. The zero-order valence-corrected chi connectivity index (χ0v) is 7.23. The summed E-state index contributed by atoms with van der Waals surface area (Å²) in [5, 5.41) is 20.0. The molecule has 0 aromatic carbocycles. The third-order valence-corrected chi connectivity index (χ3v) is 1.26. The van der Waals surface area contributed by atoms with Crippen molar-refractivity contribution in [2.24, 2.45) is 0 Å². The lowest BCUT2D eigenvalue weighted by atomic mass is 10.1. The lowest BCUT2D eigenvalue weighted by molar-refractivity contribution is -0.300. The van der Waals surface area contributed by atoms with Crippen molar-refractivity contribution < 1.29 is 29.4 Å². The Bertz CT molecular complexity index is 325. The van der Waals surface area contributed by atoms with Gasteiger partial charge in [-0.15, -0.1) is 0 Å². The second-order valence-corrected chi connectivity index (χ2v) is 2.47. The van der Waals surface area contributed by atoms with Crippen molar-refractivity contribution >= 4 is 23.5 Å². The topological polar surface area (TPSA) is 114 Å². The molecule has 0 aromatic heterocycles. The van der Waals surface area contributed by atoms with Crippen LogP contribution in [-0.2, 0) is 19.2 Å². The van der Waals surface area contributed by atoms with Gasteiger partial charge in [0.15, 0.2) is 11.6 Å². The molecule has 0 aliphatic heterocycles. The number of carbonyl (C=O) groups is 4. The van der Waals surface area contributed by atoms with Crippen LogP contribution in [0.5, 0.6) is 0 Å². The molecule has 14 heavy (non-hydrogen) atoms. The minimum atomic E-state index is -1.97. The van der Waals surface area contributed by atoms with Crippen LogP contribution < -0.4 is 10.2 Å². The zero-order valence-electron chi connectivity index (χ0n) is 7.23. The van der Waals surface area contributed by atoms with E-state index >= 15 is 0 Å². The van der Waals surface area contributed by atoms with Crippen LogP contribution in [0, 0.1) is 0 Å². The average Bonchev–Trinajstić information content (AvgIpc) is 2.03. The molecule has 0 saturated heterocycles. The number of hydrogen-bond donors (Lipinski definition) is 0. The molecule has 0 aliphatic carbocycles. The van der Waals surface area contributed by atoms with E-state index in [-0.39, 0.29) is 5.57 Å². The molecule has 0 saturated carbocycles. The molecule has 0 amide bonds. The van der Waals surface area contributed by atoms with Crippen LogP contribution in [0.3, 0.4) is 0 Å². The van der Waals surface area contributed by atoms with Gasteiger partial charge in [0, 0.05) is 0 Å². The second kappa shape index (κ2) is 4.90. The van der Waals surface area contributed by atoms with Crippen LogP contribution in [0.25, 0.3) is 0 Å². The first-order valence-electron chi connectivity index (χ1n) is 3.51. The van der Waals surface area contributed by atoms with Gasteiger partial charge in [0.2, 0.25) is 0 Å². The predicted molar refractivity (Wildman–Crippen MR) is 38.4 cm³/mol. The van der Waals surface area contributed by atoms with Gasteiger partial charge in [0.25, 0.3) is 0 Å². The Hall–Kier alpha value is -1.98. The summed E-state index contributed by atoms with van der Waals surface area (Å²) in [4.78, 5) is 41.2. The lowest BCUT2D eigenvalue weighted by Crippen LogP contribution is -2.32. The van der Waals surface area contributed by atoms with Gasteiger partial charge in [-0.1, -0.05) is 0 Å². The number of rotatable bonds is 5. The fourth-order valence-corrected chi connectivity index (χ4v) is 0.582. The number of ketones is 2. The fourth-order valence-electron chi connectivity index (χ4n) is 0.582. The number of hydrogen-bond acceptors (Lipinski definition) is 6. The second-order valence-electron chi connectivity index (χ2n) is 2.47. The van der Waals surface area contributed by atoms with Crippen molar-refractivity contribution in [1.29, 1.82) is 0 Å². The molecule has 76 valence electrons. The normalized spacial score (nSPS) is 10.8. The van der Waals surface area contributed by atoms with Crippen LogP contribution in [0.1, 0.15) is 13.3 Å². The molecular formula is C8H6O6-2. The average molecular weight is 198 g/mol. The van der Waals surface area contributed by atoms with Gasteiger partial charge in [-0.25, -0.2) is 0 Å². The monoisotopic (exact) mass is 198 g/mol. The first kappa shape index (κ1) is 12.0. The highest BCUT2D eigenvalue weighted by Gasteiger charge is 2.08. The molecule has 0 fully saturated rings. The molecule has 0 rings (SSSR count). The van der Waals surface area contributed by atoms with E-state index in [2.05, 4.69) is 0 Å². The summed E-state index contributed by atoms with van der Waals surface area (Å²) in [6.45, 7) is 1.09. The van der Waals surface area contributed by atoms with E-state index in [9.17, 15) is 29.4 Å². The van der Waals surface area contributed by atoms with Gasteiger partial charge >= 0.3 is 0 Å². The van der Waals surface area contributed by atoms with Gasteiger partial charge < -0.3 is 19.8 Å². The van der Waals surface area contributed by atoms with E-state index in [0.29, 0.717) is 6.08 Å². The van der Waals surface area contributed by atoms with Crippen LogP contribution in [0.4, 0.5) is 0 Å². The molecule has 0 bridgehead atoms. The predicted octanol–water partition coefficient (Wildman–Crippen LogP) is -3.04. The maximum Gasteiger partial charge on any atom is 0.185 e. The molecule has 0 atom stereocenters. The summed E-state index contributed by atoms with van der Waals surface area (Å²) in [6, 6.07) is 0. The lowest BCUT2D eigenvalue weighted by Gasteiger charge is -2.01. The van der Waals surface area contributed by atoms with Crippen molar-refractivity contribution in [2.75, 3.05) is 0 Å². The number of allylic oxidation sites excluding steroid dienone is 1. The van der Waals surface area contributed by atoms with E-state index in [0.717, 1.165) is 6.92 Å². The first-order valence-corrected chi connectivity index (χ1v) is 3.51. The highest BCUT2D eigenvalue weighted by molar-refractivity contribution is 6.36. The van der Waals surface area contributed by atoms with Crippen molar-refractivity contribution in [2.45, 2.75) is 13.3 Å². The number of carbonyl (C=O) groups excluding carboxylic acids is 4. The van der Waals surface area contributed by atoms with Crippen molar-refractivity contribution in [1.82, 2.24) is 0 Å². The third-order valence-electron chi connectivity index (χ3n) is 1.26. The Kier molecular flexibility index (Phi) is 4.21. The summed E-state index contributed by atoms with van der Waals surface area (Å²) >= 11 is 0. The van der Waals surface area contributed by atoms with Crippen molar-refractivity contribution in [3.63, 3.8) is 0 Å². The first-order chi connectivity index (χ1) is 6.34. The van der Waals surface area contributed by atoms with Gasteiger partial charge in [-0.2, -0.15) is 0 Å². The Balaban J connectivity index is 4.39. The highest BCUT2D eigenvalue weighted by Crippen LogP contribution is 1.94. The molecule has 0 spiro atoms. The zero-order chi connectivity index (χ0) is 11.3. The molecule has 0 N–H and O–H groups in total. The molecule has 6 heteroatoms. The van der Waals surface area contributed by atoms with Crippen molar-refractivity contribution in [3.05, 3.63) is 11.6 Å². The summed E-state index contributed by atoms with van der Waals surface area (Å²) < 4.78 is 0. The van der Waals surface area contributed by atoms with E-state index in [1.54, 1.807) is 0 Å². The summed E-state index contributed by atoms with van der Waals surface area (Å²) in [7, 11) is 0. The van der Waals surface area contributed by atoms with E-state index in [4.69, 9.17) is 0 Å². The molecule has 0 unspecified atom stereocenters. The Morgan fingerprint density at radius 1 is 1.07 bits per heavy atom. The van der Waals surface area contributed by atoms with Gasteiger partial charge in [0.1, 0.15) is 5.97 Å². The van der Waals surface area contributed by atoms with Gasteiger partial charge in [-0.05, 0) is 18.6 Å². The molecule has 6 nitrogen and oxygen atoms in total. The minimum Gasteiger partial charge on any atom is -0.545 e. The molecule has 0 radical (unpaired) electrons. The Morgan fingerprint density at radius 3 is 1.93 bits per heavy atom. The molecule has 0 aromatic rings. The van der Waals surface area contributed by atoms with Crippen LogP contribution in [-0.4, -0.2) is 23.5 Å². The number of carboxylic acid groups (broad SMARTS) is 2. The van der Waals surface area contributed by atoms with E-state index in [1.807, 2.05) is 0 Å². The third kappa shape index (κ3) is 4.15. The van der Waals surface area contributed by atoms with Crippen molar-refractivity contribution in [3.8, 4) is 0 Å².